The first-order valence-electron chi connectivity index (χ1n) is 12.0. The molecule has 2 heterocycles. The Labute approximate surface area is 189 Å². The number of rotatable bonds is 7. The van der Waals surface area contributed by atoms with Crippen LogP contribution >= 0.6 is 0 Å². The summed E-state index contributed by atoms with van der Waals surface area (Å²) >= 11 is 0. The molecule has 1 atom stereocenters. The molecule has 0 radical (unpaired) electrons. The SMILES string of the molecule is CCCc1c(C(=O)NCCO)c(C(=O)NC)cc2c3c([nH]c12)CCC(C1CCOCC1)C3. The standard InChI is InChI=1S/C25H35N3O4/c1-3-4-17-22(25(31)27-9-10-29)20(24(30)26-2)14-19-18-13-16(15-7-11-32-12-8-15)5-6-21(18)28-23(17)19/h14-16,28-29H,3-13H2,1-2H3,(H,26,30)(H,27,31). The minimum Gasteiger partial charge on any atom is -0.395 e. The van der Waals surface area contributed by atoms with Gasteiger partial charge in [-0.2, -0.15) is 0 Å². The molecular formula is C25H35N3O4. The summed E-state index contributed by atoms with van der Waals surface area (Å²) in [5.74, 6) is 0.760. The van der Waals surface area contributed by atoms with E-state index >= 15 is 0 Å². The van der Waals surface area contributed by atoms with Crippen molar-refractivity contribution in [2.45, 2.75) is 51.9 Å². The number of H-pyrrole nitrogens is 1. The number of carbonyl (C=O) groups excluding carboxylic acids is 2. The molecule has 1 unspecified atom stereocenters. The number of nitrogens with one attached hydrogen (secondary N) is 3. The lowest BCUT2D eigenvalue weighted by Gasteiger charge is -2.33. The summed E-state index contributed by atoms with van der Waals surface area (Å²) in [6.07, 6.45) is 6.99. The first kappa shape index (κ1) is 22.8. The molecule has 1 aromatic carbocycles. The molecule has 1 aliphatic heterocycles. The monoisotopic (exact) mass is 441 g/mol. The van der Waals surface area contributed by atoms with Crippen molar-refractivity contribution in [2.24, 2.45) is 11.8 Å². The summed E-state index contributed by atoms with van der Waals surface area (Å²) in [5.41, 5.74) is 5.28. The molecule has 1 aliphatic carbocycles. The van der Waals surface area contributed by atoms with Crippen molar-refractivity contribution in [1.29, 1.82) is 0 Å². The van der Waals surface area contributed by atoms with Gasteiger partial charge in [0.1, 0.15) is 0 Å². The van der Waals surface area contributed by atoms with Gasteiger partial charge in [0.15, 0.2) is 0 Å². The Morgan fingerprint density at radius 2 is 1.97 bits per heavy atom. The van der Waals surface area contributed by atoms with E-state index in [1.54, 1.807) is 7.05 Å². The highest BCUT2D eigenvalue weighted by Crippen LogP contribution is 2.40. The summed E-state index contributed by atoms with van der Waals surface area (Å²) in [6.45, 7) is 3.81. The van der Waals surface area contributed by atoms with Crippen molar-refractivity contribution in [3.8, 4) is 0 Å². The van der Waals surface area contributed by atoms with E-state index in [2.05, 4.69) is 22.5 Å². The average molecular weight is 442 g/mol. The Hall–Kier alpha value is -2.38. The highest BCUT2D eigenvalue weighted by Gasteiger charge is 2.32. The normalized spacial score (nSPS) is 19.0. The van der Waals surface area contributed by atoms with E-state index < -0.39 is 0 Å². The van der Waals surface area contributed by atoms with Crippen molar-refractivity contribution in [3.05, 3.63) is 34.0 Å². The highest BCUT2D eigenvalue weighted by molar-refractivity contribution is 6.12. The molecule has 4 N–H and O–H groups in total. The van der Waals surface area contributed by atoms with Crippen LogP contribution in [-0.4, -0.2) is 55.3 Å². The molecule has 174 valence electrons. The molecule has 0 bridgehead atoms. The van der Waals surface area contributed by atoms with Gasteiger partial charge in [0.05, 0.1) is 17.7 Å². The molecule has 2 aliphatic rings. The molecule has 32 heavy (non-hydrogen) atoms. The Morgan fingerprint density at radius 3 is 2.66 bits per heavy atom. The molecule has 4 rings (SSSR count). The van der Waals surface area contributed by atoms with Crippen LogP contribution in [0.5, 0.6) is 0 Å². The van der Waals surface area contributed by atoms with Crippen LogP contribution in [0.3, 0.4) is 0 Å². The number of hydrogen-bond acceptors (Lipinski definition) is 4. The number of hydrogen-bond donors (Lipinski definition) is 4. The number of aromatic nitrogens is 1. The fourth-order valence-corrected chi connectivity index (χ4v) is 5.57. The first-order chi connectivity index (χ1) is 15.6. The third-order valence-corrected chi connectivity index (χ3v) is 7.16. The minimum absolute atomic E-state index is 0.142. The molecule has 2 aromatic rings. The zero-order valence-electron chi connectivity index (χ0n) is 19.2. The van der Waals surface area contributed by atoms with Crippen molar-refractivity contribution >= 4 is 22.7 Å². The van der Waals surface area contributed by atoms with Gasteiger partial charge in [-0.15, -0.1) is 0 Å². The van der Waals surface area contributed by atoms with E-state index in [4.69, 9.17) is 9.84 Å². The van der Waals surface area contributed by atoms with Gasteiger partial charge in [-0.3, -0.25) is 9.59 Å². The number of aromatic amines is 1. The second-order valence-electron chi connectivity index (χ2n) is 9.04. The summed E-state index contributed by atoms with van der Waals surface area (Å²) < 4.78 is 5.57. The molecule has 1 aromatic heterocycles. The molecule has 7 nitrogen and oxygen atoms in total. The van der Waals surface area contributed by atoms with E-state index in [0.717, 1.165) is 61.8 Å². The molecule has 0 saturated carbocycles. The first-order valence-corrected chi connectivity index (χ1v) is 12.0. The maximum Gasteiger partial charge on any atom is 0.252 e. The predicted molar refractivity (Wildman–Crippen MR) is 124 cm³/mol. The van der Waals surface area contributed by atoms with Gasteiger partial charge >= 0.3 is 0 Å². The van der Waals surface area contributed by atoms with Gasteiger partial charge in [-0.25, -0.2) is 0 Å². The van der Waals surface area contributed by atoms with E-state index in [9.17, 15) is 9.59 Å². The minimum atomic E-state index is -0.310. The third kappa shape index (κ3) is 4.28. The van der Waals surface area contributed by atoms with Crippen LogP contribution in [0.25, 0.3) is 10.9 Å². The summed E-state index contributed by atoms with van der Waals surface area (Å²) in [7, 11) is 1.59. The number of benzene rings is 1. The number of aliphatic hydroxyl groups is 1. The molecule has 2 amide bonds. The van der Waals surface area contributed by atoms with Gasteiger partial charge in [0.2, 0.25) is 0 Å². The van der Waals surface area contributed by atoms with Crippen LogP contribution in [0, 0.1) is 11.8 Å². The van der Waals surface area contributed by atoms with Gasteiger partial charge in [0.25, 0.3) is 11.8 Å². The van der Waals surface area contributed by atoms with Gasteiger partial charge in [0, 0.05) is 43.4 Å². The third-order valence-electron chi connectivity index (χ3n) is 7.16. The largest absolute Gasteiger partial charge is 0.395 e. The van der Waals surface area contributed by atoms with Crippen molar-refractivity contribution in [3.63, 3.8) is 0 Å². The van der Waals surface area contributed by atoms with Gasteiger partial charge in [-0.05, 0) is 67.6 Å². The molecule has 0 spiro atoms. The number of fused-ring (bicyclic) bond motifs is 3. The summed E-state index contributed by atoms with van der Waals surface area (Å²) in [5, 5.41) is 15.7. The second kappa shape index (κ2) is 10.0. The number of ether oxygens (including phenoxy) is 1. The van der Waals surface area contributed by atoms with E-state index in [0.29, 0.717) is 29.4 Å². The maximum absolute atomic E-state index is 13.1. The van der Waals surface area contributed by atoms with Crippen LogP contribution in [0.15, 0.2) is 6.07 Å². The molecular weight excluding hydrogens is 406 g/mol. The quantitative estimate of drug-likeness (QED) is 0.530. The number of amides is 2. The lowest BCUT2D eigenvalue weighted by Crippen LogP contribution is -2.31. The van der Waals surface area contributed by atoms with Crippen LogP contribution in [0.2, 0.25) is 0 Å². The number of aliphatic hydroxyl groups excluding tert-OH is 1. The Bertz CT molecular complexity index is 991. The second-order valence-corrected chi connectivity index (χ2v) is 9.04. The van der Waals surface area contributed by atoms with Gasteiger partial charge < -0.3 is 25.5 Å². The number of aryl methyl sites for hydroxylation is 2. The fourth-order valence-electron chi connectivity index (χ4n) is 5.57. The molecule has 1 saturated heterocycles. The molecule has 1 fully saturated rings. The predicted octanol–water partition coefficient (Wildman–Crippen LogP) is 2.73. The summed E-state index contributed by atoms with van der Waals surface area (Å²) in [6, 6.07) is 1.91. The van der Waals surface area contributed by atoms with E-state index in [1.165, 1.54) is 17.7 Å². The fraction of sp³-hybridized carbons (Fsp3) is 0.600. The topological polar surface area (TPSA) is 103 Å². The lowest BCUT2D eigenvalue weighted by atomic mass is 9.75. The van der Waals surface area contributed by atoms with Crippen LogP contribution < -0.4 is 10.6 Å². The maximum atomic E-state index is 13.1. The van der Waals surface area contributed by atoms with Gasteiger partial charge in [-0.1, -0.05) is 13.3 Å². The Balaban J connectivity index is 1.82. The molecule has 7 heteroatoms. The zero-order valence-corrected chi connectivity index (χ0v) is 19.2. The smallest absolute Gasteiger partial charge is 0.252 e. The van der Waals surface area contributed by atoms with Crippen molar-refractivity contribution < 1.29 is 19.4 Å². The highest BCUT2D eigenvalue weighted by atomic mass is 16.5. The zero-order chi connectivity index (χ0) is 22.7. The number of carbonyl (C=O) groups is 2. The van der Waals surface area contributed by atoms with E-state index in [1.807, 2.05) is 6.07 Å². The lowest BCUT2D eigenvalue weighted by molar-refractivity contribution is 0.0439. The Morgan fingerprint density at radius 1 is 1.19 bits per heavy atom. The van der Waals surface area contributed by atoms with Crippen LogP contribution in [0.4, 0.5) is 0 Å². The van der Waals surface area contributed by atoms with Crippen molar-refractivity contribution in [1.82, 2.24) is 15.6 Å². The Kier molecular flexibility index (Phi) is 7.16. The van der Waals surface area contributed by atoms with Crippen LogP contribution in [0.1, 0.15) is 70.1 Å². The van der Waals surface area contributed by atoms with Crippen molar-refractivity contribution in [2.75, 3.05) is 33.4 Å². The summed E-state index contributed by atoms with van der Waals surface area (Å²) in [4.78, 5) is 29.6. The van der Waals surface area contributed by atoms with E-state index in [-0.39, 0.29) is 25.0 Å². The van der Waals surface area contributed by atoms with Crippen LogP contribution in [-0.2, 0) is 24.0 Å². The average Bonchev–Trinajstić information content (AvgIpc) is 3.20.